The molecule has 2 aliphatic heterocycles. The van der Waals surface area contributed by atoms with Crippen molar-refractivity contribution in [1.82, 2.24) is 4.90 Å². The van der Waals surface area contributed by atoms with Gasteiger partial charge in [0.25, 0.3) is 0 Å². The third-order valence-corrected chi connectivity index (χ3v) is 3.40. The minimum atomic E-state index is 0.499. The van der Waals surface area contributed by atoms with Crippen molar-refractivity contribution < 1.29 is 0 Å². The van der Waals surface area contributed by atoms with E-state index in [1.807, 2.05) is 0 Å². The SMILES string of the molecule is CC1CC[C@@H]2CN1CC[C@H]2N. The lowest BCUT2D eigenvalue weighted by Crippen LogP contribution is -2.53. The molecular formula is C9H18N2. The Balaban J connectivity index is 2.02. The Morgan fingerprint density at radius 2 is 2.09 bits per heavy atom. The summed E-state index contributed by atoms with van der Waals surface area (Å²) in [5.41, 5.74) is 6.00. The van der Waals surface area contributed by atoms with E-state index in [1.165, 1.54) is 32.4 Å². The van der Waals surface area contributed by atoms with Gasteiger partial charge in [-0.15, -0.1) is 0 Å². The molecule has 4 atom stereocenters. The van der Waals surface area contributed by atoms with E-state index in [9.17, 15) is 0 Å². The highest BCUT2D eigenvalue weighted by Gasteiger charge is 2.32. The molecule has 2 unspecified atom stereocenters. The normalized spacial score (nSPS) is 50.7. The van der Waals surface area contributed by atoms with Crippen LogP contribution < -0.4 is 5.73 Å². The van der Waals surface area contributed by atoms with Gasteiger partial charge in [0.1, 0.15) is 0 Å². The Morgan fingerprint density at radius 1 is 1.27 bits per heavy atom. The standard InChI is InChI=1S/C9H18N2/c1-7-2-3-8-6-11(7)5-4-9(8)10/h7-9H,2-6,10H2,1H3/t7?,8-,9-/m1/s1. The van der Waals surface area contributed by atoms with Crippen molar-refractivity contribution in [3.05, 3.63) is 0 Å². The van der Waals surface area contributed by atoms with E-state index in [-0.39, 0.29) is 0 Å². The van der Waals surface area contributed by atoms with Gasteiger partial charge < -0.3 is 10.6 Å². The molecule has 0 aromatic rings. The molecular weight excluding hydrogens is 136 g/mol. The maximum Gasteiger partial charge on any atom is 0.00915 e. The average Bonchev–Trinajstić information content (AvgIpc) is 2.02. The van der Waals surface area contributed by atoms with Gasteiger partial charge in [-0.05, 0) is 38.6 Å². The number of hydrogen-bond acceptors (Lipinski definition) is 2. The zero-order chi connectivity index (χ0) is 7.84. The third-order valence-electron chi connectivity index (χ3n) is 3.40. The van der Waals surface area contributed by atoms with Crippen LogP contribution in [0.5, 0.6) is 0 Å². The summed E-state index contributed by atoms with van der Waals surface area (Å²) in [7, 11) is 0. The van der Waals surface area contributed by atoms with Crippen LogP contribution in [0.25, 0.3) is 0 Å². The summed E-state index contributed by atoms with van der Waals surface area (Å²) in [5.74, 6) is 0.806. The first kappa shape index (κ1) is 7.56. The van der Waals surface area contributed by atoms with Crippen LogP contribution in [0.1, 0.15) is 26.2 Å². The van der Waals surface area contributed by atoms with Crippen LogP contribution in [0.3, 0.4) is 0 Å². The first-order chi connectivity index (χ1) is 5.27. The highest BCUT2D eigenvalue weighted by atomic mass is 15.2. The summed E-state index contributed by atoms with van der Waals surface area (Å²) in [6.45, 7) is 4.84. The van der Waals surface area contributed by atoms with E-state index in [2.05, 4.69) is 11.8 Å². The molecule has 0 spiro atoms. The van der Waals surface area contributed by atoms with Gasteiger partial charge in [0.05, 0.1) is 0 Å². The first-order valence-electron chi connectivity index (χ1n) is 4.77. The van der Waals surface area contributed by atoms with Crippen LogP contribution in [-0.4, -0.2) is 30.1 Å². The summed E-state index contributed by atoms with van der Waals surface area (Å²) in [5, 5.41) is 0. The van der Waals surface area contributed by atoms with E-state index in [4.69, 9.17) is 5.73 Å². The monoisotopic (exact) mass is 154 g/mol. The lowest BCUT2D eigenvalue weighted by Gasteiger charge is -2.44. The molecule has 2 saturated heterocycles. The molecule has 64 valence electrons. The molecule has 0 aliphatic carbocycles. The van der Waals surface area contributed by atoms with Gasteiger partial charge in [-0.25, -0.2) is 0 Å². The van der Waals surface area contributed by atoms with Crippen molar-refractivity contribution in [2.75, 3.05) is 13.1 Å². The third kappa shape index (κ3) is 1.30. The highest BCUT2D eigenvalue weighted by molar-refractivity contribution is 4.89. The smallest absolute Gasteiger partial charge is 0.00915 e. The maximum absolute atomic E-state index is 6.00. The topological polar surface area (TPSA) is 29.3 Å². The molecule has 0 aromatic heterocycles. The minimum absolute atomic E-state index is 0.499. The Bertz CT molecular complexity index is 130. The van der Waals surface area contributed by atoms with Crippen molar-refractivity contribution in [2.24, 2.45) is 11.7 Å². The molecule has 2 N–H and O–H groups in total. The fraction of sp³-hybridized carbons (Fsp3) is 1.00. The minimum Gasteiger partial charge on any atom is -0.327 e. The molecule has 2 aliphatic rings. The average molecular weight is 154 g/mol. The summed E-state index contributed by atoms with van der Waals surface area (Å²) in [6, 6.07) is 1.32. The van der Waals surface area contributed by atoms with Crippen LogP contribution in [-0.2, 0) is 0 Å². The molecule has 2 heteroatoms. The van der Waals surface area contributed by atoms with Crippen LogP contribution in [0.2, 0.25) is 0 Å². The van der Waals surface area contributed by atoms with Gasteiger partial charge in [-0.2, -0.15) is 0 Å². The fourth-order valence-electron chi connectivity index (χ4n) is 2.42. The summed E-state index contributed by atoms with van der Waals surface area (Å²) in [6.07, 6.45) is 3.94. The number of hydrogen-bond donors (Lipinski definition) is 1. The van der Waals surface area contributed by atoms with Gasteiger partial charge in [0, 0.05) is 18.6 Å². The second-order valence-electron chi connectivity index (χ2n) is 4.13. The zero-order valence-electron chi connectivity index (χ0n) is 7.29. The Labute approximate surface area is 68.7 Å². The largest absolute Gasteiger partial charge is 0.327 e. The Kier molecular flexibility index (Phi) is 1.90. The van der Waals surface area contributed by atoms with Crippen LogP contribution in [0, 0.1) is 5.92 Å². The molecule has 0 amide bonds. The highest BCUT2D eigenvalue weighted by Crippen LogP contribution is 2.28. The zero-order valence-corrected chi connectivity index (χ0v) is 7.29. The van der Waals surface area contributed by atoms with Crippen LogP contribution in [0.4, 0.5) is 0 Å². The molecule has 2 rings (SSSR count). The Hall–Kier alpha value is -0.0800. The summed E-state index contributed by atoms with van der Waals surface area (Å²) in [4.78, 5) is 2.59. The van der Waals surface area contributed by atoms with Crippen molar-refractivity contribution in [3.8, 4) is 0 Å². The van der Waals surface area contributed by atoms with Crippen molar-refractivity contribution >= 4 is 0 Å². The quantitative estimate of drug-likeness (QED) is 0.559. The van der Waals surface area contributed by atoms with Gasteiger partial charge in [0.15, 0.2) is 0 Å². The van der Waals surface area contributed by atoms with Gasteiger partial charge in [0.2, 0.25) is 0 Å². The summed E-state index contributed by atoms with van der Waals surface area (Å²) < 4.78 is 0. The van der Waals surface area contributed by atoms with E-state index in [1.54, 1.807) is 0 Å². The molecule has 0 saturated carbocycles. The maximum atomic E-state index is 6.00. The molecule has 2 heterocycles. The number of nitrogens with two attached hydrogens (primary N) is 1. The lowest BCUT2D eigenvalue weighted by atomic mass is 9.83. The molecule has 11 heavy (non-hydrogen) atoms. The second-order valence-corrected chi connectivity index (χ2v) is 4.13. The van der Waals surface area contributed by atoms with Crippen LogP contribution >= 0.6 is 0 Å². The molecule has 0 aromatic carbocycles. The van der Waals surface area contributed by atoms with Crippen LogP contribution in [0.15, 0.2) is 0 Å². The molecule has 0 radical (unpaired) electrons. The van der Waals surface area contributed by atoms with E-state index < -0.39 is 0 Å². The Morgan fingerprint density at radius 3 is 2.91 bits per heavy atom. The summed E-state index contributed by atoms with van der Waals surface area (Å²) >= 11 is 0. The number of fused-ring (bicyclic) bond motifs is 2. The molecule has 2 fully saturated rings. The molecule has 2 bridgehead atoms. The van der Waals surface area contributed by atoms with Crippen molar-refractivity contribution in [3.63, 3.8) is 0 Å². The number of rotatable bonds is 0. The van der Waals surface area contributed by atoms with Crippen molar-refractivity contribution in [1.29, 1.82) is 0 Å². The molecule has 2 nitrogen and oxygen atoms in total. The van der Waals surface area contributed by atoms with Gasteiger partial charge >= 0.3 is 0 Å². The number of piperidine rings is 2. The predicted molar refractivity (Wildman–Crippen MR) is 46.4 cm³/mol. The van der Waals surface area contributed by atoms with E-state index in [0.29, 0.717) is 6.04 Å². The first-order valence-corrected chi connectivity index (χ1v) is 4.77. The van der Waals surface area contributed by atoms with Gasteiger partial charge in [-0.1, -0.05) is 0 Å². The van der Waals surface area contributed by atoms with Crippen molar-refractivity contribution in [2.45, 2.75) is 38.3 Å². The van der Waals surface area contributed by atoms with E-state index in [0.717, 1.165) is 12.0 Å². The van der Waals surface area contributed by atoms with E-state index >= 15 is 0 Å². The predicted octanol–water partition coefficient (Wildman–Crippen LogP) is 0.818. The second kappa shape index (κ2) is 2.76. The van der Waals surface area contributed by atoms with Gasteiger partial charge in [-0.3, -0.25) is 0 Å². The number of nitrogens with zero attached hydrogens (tertiary/aromatic N) is 1. The fourth-order valence-corrected chi connectivity index (χ4v) is 2.42. The lowest BCUT2D eigenvalue weighted by molar-refractivity contribution is 0.0631.